The largest absolute Gasteiger partial charge is 0.396 e. The van der Waals surface area contributed by atoms with Crippen LogP contribution in [0.1, 0.15) is 38.5 Å². The lowest BCUT2D eigenvalue weighted by molar-refractivity contribution is -0.117. The maximum Gasteiger partial charge on any atom is 0.224 e. The maximum absolute atomic E-state index is 11.6. The van der Waals surface area contributed by atoms with Gasteiger partial charge in [-0.3, -0.25) is 9.59 Å². The lowest BCUT2D eigenvalue weighted by Crippen LogP contribution is -2.12. The molecule has 0 saturated carbocycles. The predicted octanol–water partition coefficient (Wildman–Crippen LogP) is 1.89. The summed E-state index contributed by atoms with van der Waals surface area (Å²) in [5, 5.41) is 22.8. The van der Waals surface area contributed by atoms with E-state index in [0.717, 1.165) is 0 Å². The lowest BCUT2D eigenvalue weighted by atomic mass is 10.2. The number of unbranched alkanes of at least 4 members (excludes halogenated alkanes) is 2. The Kier molecular flexibility index (Phi) is 8.86. The first-order valence-electron chi connectivity index (χ1n) is 7.57. The molecule has 0 bridgehead atoms. The number of aliphatic hydroxyl groups is 2. The number of hydrogen-bond acceptors (Lipinski definition) is 4. The van der Waals surface area contributed by atoms with Crippen LogP contribution in [0.5, 0.6) is 0 Å². The number of carbonyl (C=O) groups excluding carboxylic acids is 2. The fourth-order valence-corrected chi connectivity index (χ4v) is 1.88. The van der Waals surface area contributed by atoms with Crippen molar-refractivity contribution < 1.29 is 19.8 Å². The number of anilines is 2. The van der Waals surface area contributed by atoms with E-state index in [1.54, 1.807) is 24.3 Å². The first kappa shape index (κ1) is 18.1. The zero-order valence-electron chi connectivity index (χ0n) is 12.7. The number of amides is 2. The minimum absolute atomic E-state index is 0.0887. The molecule has 0 fully saturated rings. The molecule has 0 unspecified atom stereocenters. The summed E-state index contributed by atoms with van der Waals surface area (Å²) >= 11 is 0. The second-order valence-corrected chi connectivity index (χ2v) is 5.04. The normalized spacial score (nSPS) is 10.3. The van der Waals surface area contributed by atoms with Crippen LogP contribution < -0.4 is 10.6 Å². The molecule has 6 nitrogen and oxygen atoms in total. The van der Waals surface area contributed by atoms with E-state index in [0.29, 0.717) is 49.9 Å². The Balaban J connectivity index is 2.36. The molecule has 122 valence electrons. The molecule has 2 amide bonds. The third kappa shape index (κ3) is 7.75. The van der Waals surface area contributed by atoms with Gasteiger partial charge in [0.2, 0.25) is 11.8 Å². The molecule has 1 aromatic carbocycles. The molecule has 0 saturated heterocycles. The van der Waals surface area contributed by atoms with E-state index in [2.05, 4.69) is 10.6 Å². The number of aliphatic hydroxyl groups excluding tert-OH is 2. The van der Waals surface area contributed by atoms with E-state index in [1.807, 2.05) is 0 Å². The smallest absolute Gasteiger partial charge is 0.224 e. The summed E-state index contributed by atoms with van der Waals surface area (Å²) in [4.78, 5) is 23.2. The van der Waals surface area contributed by atoms with Crippen molar-refractivity contribution in [2.24, 2.45) is 0 Å². The first-order valence-corrected chi connectivity index (χ1v) is 7.57. The second-order valence-electron chi connectivity index (χ2n) is 5.04. The second kappa shape index (κ2) is 10.8. The molecule has 0 aliphatic rings. The van der Waals surface area contributed by atoms with Gasteiger partial charge in [0.25, 0.3) is 0 Å². The van der Waals surface area contributed by atoms with Gasteiger partial charge in [0.05, 0.1) is 0 Å². The molecule has 0 radical (unpaired) electrons. The van der Waals surface area contributed by atoms with Crippen LogP contribution in [-0.4, -0.2) is 35.2 Å². The SMILES string of the molecule is O=C(CCCCO)Nc1ccc(NC(=O)CCCCO)cc1. The van der Waals surface area contributed by atoms with E-state index < -0.39 is 0 Å². The van der Waals surface area contributed by atoms with Crippen molar-refractivity contribution in [2.45, 2.75) is 38.5 Å². The van der Waals surface area contributed by atoms with Gasteiger partial charge in [0, 0.05) is 37.4 Å². The highest BCUT2D eigenvalue weighted by molar-refractivity contribution is 5.92. The van der Waals surface area contributed by atoms with E-state index in [-0.39, 0.29) is 25.0 Å². The molecule has 0 aromatic heterocycles. The highest BCUT2D eigenvalue weighted by atomic mass is 16.3. The fraction of sp³-hybridized carbons (Fsp3) is 0.500. The van der Waals surface area contributed by atoms with E-state index >= 15 is 0 Å². The lowest BCUT2D eigenvalue weighted by Gasteiger charge is -2.08. The Morgan fingerprint density at radius 1 is 0.727 bits per heavy atom. The van der Waals surface area contributed by atoms with E-state index in [4.69, 9.17) is 10.2 Å². The third-order valence-corrected chi connectivity index (χ3v) is 3.08. The molecule has 0 heterocycles. The molecule has 0 spiro atoms. The average Bonchev–Trinajstić information content (AvgIpc) is 2.50. The van der Waals surface area contributed by atoms with Crippen LogP contribution in [0.4, 0.5) is 11.4 Å². The molecular formula is C16H24N2O4. The molecule has 1 rings (SSSR count). The van der Waals surface area contributed by atoms with Gasteiger partial charge in [-0.1, -0.05) is 0 Å². The summed E-state index contributed by atoms with van der Waals surface area (Å²) in [7, 11) is 0. The van der Waals surface area contributed by atoms with E-state index in [9.17, 15) is 9.59 Å². The average molecular weight is 308 g/mol. The van der Waals surface area contributed by atoms with Crippen LogP contribution in [0.15, 0.2) is 24.3 Å². The Bertz CT molecular complexity index is 417. The van der Waals surface area contributed by atoms with E-state index in [1.165, 1.54) is 0 Å². The summed E-state index contributed by atoms with van der Waals surface area (Å²) in [6, 6.07) is 6.92. The van der Waals surface area contributed by atoms with Crippen LogP contribution in [0.2, 0.25) is 0 Å². The quantitative estimate of drug-likeness (QED) is 0.496. The van der Waals surface area contributed by atoms with Gasteiger partial charge >= 0.3 is 0 Å². The first-order chi connectivity index (χ1) is 10.7. The predicted molar refractivity (Wildman–Crippen MR) is 85.6 cm³/mol. The molecule has 4 N–H and O–H groups in total. The zero-order chi connectivity index (χ0) is 16.2. The maximum atomic E-state index is 11.6. The number of nitrogens with one attached hydrogen (secondary N) is 2. The van der Waals surface area contributed by atoms with Crippen LogP contribution in [0.3, 0.4) is 0 Å². The number of rotatable bonds is 10. The molecule has 0 atom stereocenters. The third-order valence-electron chi connectivity index (χ3n) is 3.08. The number of hydrogen-bond donors (Lipinski definition) is 4. The zero-order valence-corrected chi connectivity index (χ0v) is 12.7. The molecule has 1 aromatic rings. The fourth-order valence-electron chi connectivity index (χ4n) is 1.88. The highest BCUT2D eigenvalue weighted by Gasteiger charge is 2.04. The minimum atomic E-state index is -0.0887. The van der Waals surface area contributed by atoms with Gasteiger partial charge in [0.1, 0.15) is 0 Å². The van der Waals surface area contributed by atoms with Gasteiger partial charge in [0.15, 0.2) is 0 Å². The van der Waals surface area contributed by atoms with Crippen molar-refractivity contribution in [3.05, 3.63) is 24.3 Å². The summed E-state index contributed by atoms with van der Waals surface area (Å²) < 4.78 is 0. The van der Waals surface area contributed by atoms with Gasteiger partial charge < -0.3 is 20.8 Å². The molecule has 0 aliphatic carbocycles. The number of benzene rings is 1. The van der Waals surface area contributed by atoms with Gasteiger partial charge in [-0.15, -0.1) is 0 Å². The van der Waals surface area contributed by atoms with Gasteiger partial charge in [-0.05, 0) is 49.9 Å². The Morgan fingerprint density at radius 3 is 1.41 bits per heavy atom. The van der Waals surface area contributed by atoms with Gasteiger partial charge in [-0.25, -0.2) is 0 Å². The van der Waals surface area contributed by atoms with Crippen molar-refractivity contribution in [2.75, 3.05) is 23.8 Å². The molecular weight excluding hydrogens is 284 g/mol. The summed E-state index contributed by atoms with van der Waals surface area (Å²) in [6.45, 7) is 0.194. The summed E-state index contributed by atoms with van der Waals surface area (Å²) in [5.74, 6) is -0.177. The van der Waals surface area contributed by atoms with Crippen molar-refractivity contribution in [3.8, 4) is 0 Å². The minimum Gasteiger partial charge on any atom is -0.396 e. The monoisotopic (exact) mass is 308 g/mol. The topological polar surface area (TPSA) is 98.7 Å². The number of carbonyl (C=O) groups is 2. The highest BCUT2D eigenvalue weighted by Crippen LogP contribution is 2.14. The van der Waals surface area contributed by atoms with Crippen LogP contribution in [-0.2, 0) is 9.59 Å². The Labute approximate surface area is 130 Å². The van der Waals surface area contributed by atoms with Crippen molar-refractivity contribution >= 4 is 23.2 Å². The molecule has 22 heavy (non-hydrogen) atoms. The van der Waals surface area contributed by atoms with Crippen LogP contribution in [0.25, 0.3) is 0 Å². The van der Waals surface area contributed by atoms with Crippen molar-refractivity contribution in [1.29, 1.82) is 0 Å². The van der Waals surface area contributed by atoms with Gasteiger partial charge in [-0.2, -0.15) is 0 Å². The standard InChI is InChI=1S/C16H24N2O4/c19-11-3-1-5-15(21)17-13-7-9-14(10-8-13)18-16(22)6-2-4-12-20/h7-10,19-20H,1-6,11-12H2,(H,17,21)(H,18,22). The Hall–Kier alpha value is -1.92. The van der Waals surface area contributed by atoms with Crippen molar-refractivity contribution in [3.63, 3.8) is 0 Å². The van der Waals surface area contributed by atoms with Crippen LogP contribution in [0, 0.1) is 0 Å². The summed E-state index contributed by atoms with van der Waals surface area (Å²) in [5.41, 5.74) is 1.35. The summed E-state index contributed by atoms with van der Waals surface area (Å²) in [6.07, 6.45) is 3.31. The molecule has 6 heteroatoms. The Morgan fingerprint density at radius 2 is 1.09 bits per heavy atom. The van der Waals surface area contributed by atoms with Crippen molar-refractivity contribution in [1.82, 2.24) is 0 Å². The molecule has 0 aliphatic heterocycles. The van der Waals surface area contributed by atoms with Crippen LogP contribution >= 0.6 is 0 Å².